The molecule has 50 heavy (non-hydrogen) atoms. The minimum Gasteiger partial charge on any atom is -0.465 e. The number of carbonyl (C=O) groups excluding carboxylic acids is 4. The minimum atomic E-state index is -0.163. The van der Waals surface area contributed by atoms with E-state index in [1.54, 1.807) is 0 Å². The van der Waals surface area contributed by atoms with E-state index < -0.39 is 0 Å². The monoisotopic (exact) mass is 709 g/mol. The second-order valence-corrected chi connectivity index (χ2v) is 14.5. The van der Waals surface area contributed by atoms with Crippen LogP contribution in [0.25, 0.3) is 0 Å². The third-order valence-electron chi connectivity index (χ3n) is 9.65. The van der Waals surface area contributed by atoms with Crippen LogP contribution in [0.3, 0.4) is 0 Å². The minimum absolute atomic E-state index is 0.00676. The van der Waals surface area contributed by atoms with Gasteiger partial charge in [0.2, 0.25) is 11.8 Å². The summed E-state index contributed by atoms with van der Waals surface area (Å²) in [7, 11) is 0. The van der Waals surface area contributed by atoms with Gasteiger partial charge in [-0.25, -0.2) is 0 Å². The van der Waals surface area contributed by atoms with Crippen LogP contribution in [0.4, 0.5) is 0 Å². The smallest absolute Gasteiger partial charge is 0.308 e. The summed E-state index contributed by atoms with van der Waals surface area (Å²) < 4.78 is 11.2. The Bertz CT molecular complexity index is 820. The molecule has 2 atom stereocenters. The summed E-state index contributed by atoms with van der Waals surface area (Å²) >= 11 is 0. The molecule has 0 saturated carbocycles. The number of amides is 2. The molecule has 8 heteroatoms. The van der Waals surface area contributed by atoms with E-state index in [4.69, 9.17) is 9.47 Å². The van der Waals surface area contributed by atoms with Gasteiger partial charge in [-0.3, -0.25) is 19.2 Å². The molecule has 0 spiro atoms. The second kappa shape index (κ2) is 36.7. The molecule has 2 amide bonds. The largest absolute Gasteiger partial charge is 0.465 e. The molecule has 0 aliphatic rings. The summed E-state index contributed by atoms with van der Waals surface area (Å²) in [6.07, 6.45) is 29.0. The van der Waals surface area contributed by atoms with Crippen molar-refractivity contribution in [3.05, 3.63) is 0 Å². The highest BCUT2D eigenvalue weighted by Crippen LogP contribution is 2.21. The molecule has 0 aliphatic heterocycles. The van der Waals surface area contributed by atoms with Gasteiger partial charge in [-0.15, -0.1) is 0 Å². The number of esters is 2. The Kier molecular flexibility index (Phi) is 35.1. The highest BCUT2D eigenvalue weighted by molar-refractivity contribution is 5.84. The average molecular weight is 709 g/mol. The van der Waals surface area contributed by atoms with E-state index in [1.165, 1.54) is 57.8 Å². The van der Waals surface area contributed by atoms with Gasteiger partial charge in [0, 0.05) is 13.0 Å². The van der Waals surface area contributed by atoms with Gasteiger partial charge in [-0.2, -0.15) is 0 Å². The first-order chi connectivity index (χ1) is 24.4. The molecule has 2 N–H and O–H groups in total. The lowest BCUT2D eigenvalue weighted by atomic mass is 9.94. The van der Waals surface area contributed by atoms with Crippen LogP contribution < -0.4 is 10.6 Å². The first-order valence-electron chi connectivity index (χ1n) is 21.3. The number of rotatable bonds is 37. The summed E-state index contributed by atoms with van der Waals surface area (Å²) in [5.74, 6) is -0.204. The SMILES string of the molecule is CCCCCCCCC(CCCCCC)C(=O)OCCCCCCNC(=O)CNC(=O)CCCCCCCOC(=O)C(CCC)CCCCC. The highest BCUT2D eigenvalue weighted by Gasteiger charge is 2.20. The van der Waals surface area contributed by atoms with E-state index >= 15 is 0 Å². The Morgan fingerprint density at radius 2 is 0.840 bits per heavy atom. The van der Waals surface area contributed by atoms with Crippen LogP contribution in [0.15, 0.2) is 0 Å². The molecule has 0 aromatic heterocycles. The lowest BCUT2D eigenvalue weighted by Crippen LogP contribution is -2.37. The molecule has 0 bridgehead atoms. The standard InChI is InChI=1S/C42H80N2O6/c1-5-9-12-14-16-23-31-38(30-22-13-10-6-2)42(48)50-35-27-20-18-25-33-43-40(46)36-44-39(45)32-24-17-15-19-26-34-49-41(47)37(28-8-4)29-21-11-7-3/h37-38H,5-36H2,1-4H3,(H,43,46)(H,44,45). The number of nitrogens with one attached hydrogen (secondary N) is 2. The summed E-state index contributed by atoms with van der Waals surface area (Å²) in [5.41, 5.74) is 0. The Labute approximate surface area is 308 Å². The molecule has 8 nitrogen and oxygen atoms in total. The van der Waals surface area contributed by atoms with Crippen LogP contribution >= 0.6 is 0 Å². The van der Waals surface area contributed by atoms with Crippen molar-refractivity contribution in [3.63, 3.8) is 0 Å². The number of hydrogen-bond acceptors (Lipinski definition) is 6. The Morgan fingerprint density at radius 1 is 0.420 bits per heavy atom. The predicted octanol–water partition coefficient (Wildman–Crippen LogP) is 10.5. The molecular weight excluding hydrogens is 628 g/mol. The van der Waals surface area contributed by atoms with Crippen molar-refractivity contribution in [2.24, 2.45) is 11.8 Å². The maximum Gasteiger partial charge on any atom is 0.308 e. The zero-order valence-corrected chi connectivity index (χ0v) is 33.2. The maximum atomic E-state index is 12.8. The van der Waals surface area contributed by atoms with Crippen molar-refractivity contribution < 1.29 is 28.7 Å². The van der Waals surface area contributed by atoms with E-state index in [-0.39, 0.29) is 42.1 Å². The van der Waals surface area contributed by atoms with Gasteiger partial charge < -0.3 is 20.1 Å². The van der Waals surface area contributed by atoms with Gasteiger partial charge in [0.05, 0.1) is 31.6 Å². The zero-order chi connectivity index (χ0) is 36.9. The molecule has 0 heterocycles. The van der Waals surface area contributed by atoms with Crippen molar-refractivity contribution in [1.82, 2.24) is 10.6 Å². The number of unbranched alkanes of at least 4 members (excludes halogenated alkanes) is 17. The molecule has 0 aliphatic carbocycles. The Balaban J connectivity index is 3.84. The molecule has 0 rings (SSSR count). The third-order valence-corrected chi connectivity index (χ3v) is 9.65. The molecular formula is C42H80N2O6. The highest BCUT2D eigenvalue weighted by atomic mass is 16.5. The van der Waals surface area contributed by atoms with E-state index in [0.29, 0.717) is 26.2 Å². The summed E-state index contributed by atoms with van der Waals surface area (Å²) in [5, 5.41) is 5.60. The average Bonchev–Trinajstić information content (AvgIpc) is 3.11. The van der Waals surface area contributed by atoms with Gasteiger partial charge in [0.1, 0.15) is 0 Å². The van der Waals surface area contributed by atoms with Crippen LogP contribution in [-0.4, -0.2) is 50.1 Å². The topological polar surface area (TPSA) is 111 Å². The summed E-state index contributed by atoms with van der Waals surface area (Å²) in [6, 6.07) is 0. The van der Waals surface area contributed by atoms with Crippen molar-refractivity contribution in [3.8, 4) is 0 Å². The number of ether oxygens (including phenoxy) is 2. The number of hydrogen-bond donors (Lipinski definition) is 2. The van der Waals surface area contributed by atoms with E-state index in [1.807, 2.05) is 0 Å². The van der Waals surface area contributed by atoms with Crippen molar-refractivity contribution in [2.45, 2.75) is 207 Å². The summed E-state index contributed by atoms with van der Waals surface area (Å²) in [4.78, 5) is 49.4. The summed E-state index contributed by atoms with van der Waals surface area (Å²) in [6.45, 7) is 10.3. The molecule has 0 aromatic rings. The van der Waals surface area contributed by atoms with Crippen LogP contribution in [0.5, 0.6) is 0 Å². The third kappa shape index (κ3) is 30.7. The van der Waals surface area contributed by atoms with Crippen LogP contribution in [0.2, 0.25) is 0 Å². The maximum absolute atomic E-state index is 12.8. The first kappa shape index (κ1) is 47.9. The van der Waals surface area contributed by atoms with Crippen molar-refractivity contribution in [1.29, 1.82) is 0 Å². The van der Waals surface area contributed by atoms with E-state index in [9.17, 15) is 19.2 Å². The van der Waals surface area contributed by atoms with Crippen molar-refractivity contribution in [2.75, 3.05) is 26.3 Å². The Morgan fingerprint density at radius 3 is 1.40 bits per heavy atom. The van der Waals surface area contributed by atoms with Crippen molar-refractivity contribution >= 4 is 23.8 Å². The quantitative estimate of drug-likeness (QED) is 0.0491. The van der Waals surface area contributed by atoms with Crippen LogP contribution in [-0.2, 0) is 28.7 Å². The molecule has 0 saturated heterocycles. The predicted molar refractivity (Wildman–Crippen MR) is 207 cm³/mol. The van der Waals surface area contributed by atoms with Gasteiger partial charge in [-0.1, -0.05) is 143 Å². The molecule has 0 fully saturated rings. The molecule has 0 radical (unpaired) electrons. The molecule has 294 valence electrons. The normalized spacial score (nSPS) is 12.3. The molecule has 2 unspecified atom stereocenters. The van der Waals surface area contributed by atoms with Crippen LogP contribution in [0.1, 0.15) is 207 Å². The molecule has 0 aromatic carbocycles. The fourth-order valence-electron chi connectivity index (χ4n) is 6.38. The Hall–Kier alpha value is -2.12. The zero-order valence-electron chi connectivity index (χ0n) is 33.2. The fourth-order valence-corrected chi connectivity index (χ4v) is 6.38. The van der Waals surface area contributed by atoms with Crippen LogP contribution in [0, 0.1) is 11.8 Å². The van der Waals surface area contributed by atoms with E-state index in [0.717, 1.165) is 116 Å². The number of carbonyl (C=O) groups is 4. The lowest BCUT2D eigenvalue weighted by Gasteiger charge is -2.16. The fraction of sp³-hybridized carbons (Fsp3) is 0.905. The van der Waals surface area contributed by atoms with E-state index in [2.05, 4.69) is 38.3 Å². The first-order valence-corrected chi connectivity index (χ1v) is 21.3. The lowest BCUT2D eigenvalue weighted by molar-refractivity contribution is -0.150. The van der Waals surface area contributed by atoms with Gasteiger partial charge in [0.15, 0.2) is 0 Å². The van der Waals surface area contributed by atoms with Gasteiger partial charge in [0.25, 0.3) is 0 Å². The van der Waals surface area contributed by atoms with Gasteiger partial charge in [-0.05, 0) is 57.8 Å². The second-order valence-electron chi connectivity index (χ2n) is 14.5. The van der Waals surface area contributed by atoms with Gasteiger partial charge >= 0.3 is 11.9 Å².